The van der Waals surface area contributed by atoms with Crippen molar-refractivity contribution in [3.8, 4) is 28.5 Å². The minimum Gasteiger partial charge on any atom is -0.325 e. The van der Waals surface area contributed by atoms with E-state index in [9.17, 15) is 10.1 Å². The van der Waals surface area contributed by atoms with Gasteiger partial charge in [-0.1, -0.05) is 30.3 Å². The van der Waals surface area contributed by atoms with E-state index >= 15 is 0 Å². The number of aryl methyl sites for hydroxylation is 1. The molecule has 0 fully saturated rings. The predicted molar refractivity (Wildman–Crippen MR) is 104 cm³/mol. The molecule has 0 aliphatic carbocycles. The first-order valence-electron chi connectivity index (χ1n) is 8.57. The van der Waals surface area contributed by atoms with Gasteiger partial charge in [-0.15, -0.1) is 0 Å². The molecular formula is C21H17N5O. The Kier molecular flexibility index (Phi) is 4.15. The Labute approximate surface area is 156 Å². The van der Waals surface area contributed by atoms with Gasteiger partial charge in [-0.3, -0.25) is 14.5 Å². The number of fused-ring (bicyclic) bond motifs is 1. The number of aliphatic imine (C=N–C) groups is 1. The van der Waals surface area contributed by atoms with E-state index in [0.717, 1.165) is 33.7 Å². The number of aromatic nitrogens is 2. The van der Waals surface area contributed by atoms with Gasteiger partial charge in [0.1, 0.15) is 6.54 Å². The molecule has 132 valence electrons. The van der Waals surface area contributed by atoms with Crippen LogP contribution in [0.1, 0.15) is 21.5 Å². The second kappa shape index (κ2) is 6.63. The molecule has 2 N–H and O–H groups in total. The topological polar surface area (TPSA) is 97.1 Å². The number of benzene rings is 2. The van der Waals surface area contributed by atoms with Crippen molar-refractivity contribution in [1.29, 1.82) is 5.26 Å². The van der Waals surface area contributed by atoms with Gasteiger partial charge < -0.3 is 5.73 Å². The normalized spacial score (nSPS) is 13.1. The number of rotatable bonds is 3. The number of hydrogen-bond acceptors (Lipinski definition) is 5. The van der Waals surface area contributed by atoms with Crippen molar-refractivity contribution < 1.29 is 4.79 Å². The molecule has 0 atom stereocenters. The van der Waals surface area contributed by atoms with Crippen molar-refractivity contribution in [2.75, 3.05) is 13.1 Å². The van der Waals surface area contributed by atoms with Crippen molar-refractivity contribution >= 4 is 11.5 Å². The standard InChI is InChI=1S/C21H17N5O/c1-26-21(15-5-3-2-4-14(15)9-22)18(11-25-26)13-6-7-16-17(8-13)19(10-23)24-12-20(16)27/h2-8,11H,10,12,23H2,1H3. The van der Waals surface area contributed by atoms with Gasteiger partial charge in [0.2, 0.25) is 0 Å². The zero-order valence-electron chi connectivity index (χ0n) is 14.8. The molecule has 1 aliphatic rings. The molecular weight excluding hydrogens is 338 g/mol. The second-order valence-corrected chi connectivity index (χ2v) is 6.34. The van der Waals surface area contributed by atoms with Crippen LogP contribution in [0.4, 0.5) is 0 Å². The van der Waals surface area contributed by atoms with Gasteiger partial charge in [0, 0.05) is 35.8 Å². The quantitative estimate of drug-likeness (QED) is 0.781. The monoisotopic (exact) mass is 355 g/mol. The van der Waals surface area contributed by atoms with Crippen LogP contribution in [0.3, 0.4) is 0 Å². The second-order valence-electron chi connectivity index (χ2n) is 6.34. The SMILES string of the molecule is Cn1ncc(-c2ccc3c(c2)C(CN)=NCC3=O)c1-c1ccccc1C#N. The Morgan fingerprint density at radius 3 is 2.74 bits per heavy atom. The summed E-state index contributed by atoms with van der Waals surface area (Å²) >= 11 is 0. The zero-order chi connectivity index (χ0) is 19.0. The van der Waals surface area contributed by atoms with Crippen molar-refractivity contribution in [3.63, 3.8) is 0 Å². The molecule has 1 aromatic heterocycles. The Hall–Kier alpha value is -3.56. The van der Waals surface area contributed by atoms with Gasteiger partial charge in [0.05, 0.1) is 29.2 Å². The third kappa shape index (κ3) is 2.75. The van der Waals surface area contributed by atoms with E-state index < -0.39 is 0 Å². The van der Waals surface area contributed by atoms with Crippen molar-refractivity contribution in [3.05, 3.63) is 65.4 Å². The number of nitrogens with zero attached hydrogens (tertiary/aromatic N) is 4. The number of carbonyl (C=O) groups is 1. The van der Waals surface area contributed by atoms with Crippen molar-refractivity contribution in [2.45, 2.75) is 0 Å². The molecule has 0 saturated heterocycles. The number of hydrogen-bond donors (Lipinski definition) is 1. The van der Waals surface area contributed by atoms with Crippen molar-refractivity contribution in [1.82, 2.24) is 9.78 Å². The van der Waals surface area contributed by atoms with E-state index in [2.05, 4.69) is 16.2 Å². The van der Waals surface area contributed by atoms with Crippen molar-refractivity contribution in [2.24, 2.45) is 17.8 Å². The van der Waals surface area contributed by atoms with E-state index in [-0.39, 0.29) is 18.9 Å². The molecule has 0 bridgehead atoms. The van der Waals surface area contributed by atoms with Crippen LogP contribution in [0.5, 0.6) is 0 Å². The van der Waals surface area contributed by atoms with E-state index in [1.807, 2.05) is 43.4 Å². The Bertz CT molecular complexity index is 1130. The number of ketones is 1. The molecule has 0 radical (unpaired) electrons. The molecule has 2 heterocycles. The minimum absolute atomic E-state index is 0.00464. The summed E-state index contributed by atoms with van der Waals surface area (Å²) in [5.74, 6) is -0.00464. The molecule has 0 amide bonds. The maximum absolute atomic E-state index is 12.2. The first-order chi connectivity index (χ1) is 13.1. The predicted octanol–water partition coefficient (Wildman–Crippen LogP) is 2.57. The maximum atomic E-state index is 12.2. The highest BCUT2D eigenvalue weighted by Crippen LogP contribution is 2.34. The van der Waals surface area contributed by atoms with E-state index in [0.29, 0.717) is 11.1 Å². The van der Waals surface area contributed by atoms with E-state index in [1.54, 1.807) is 16.9 Å². The molecule has 3 aromatic rings. The summed E-state index contributed by atoms with van der Waals surface area (Å²) in [7, 11) is 1.85. The fraction of sp³-hybridized carbons (Fsp3) is 0.143. The average Bonchev–Trinajstić information content (AvgIpc) is 3.09. The number of Topliss-reactive ketones (excluding diaryl/α,β-unsaturated/α-hetero) is 1. The molecule has 1 aliphatic heterocycles. The number of carbonyl (C=O) groups excluding carboxylic acids is 1. The van der Waals surface area contributed by atoms with Crippen LogP contribution in [0.25, 0.3) is 22.4 Å². The first kappa shape index (κ1) is 16.9. The lowest BCUT2D eigenvalue weighted by Crippen LogP contribution is -2.24. The lowest BCUT2D eigenvalue weighted by molar-refractivity contribution is 0.1000. The molecule has 6 nitrogen and oxygen atoms in total. The van der Waals surface area contributed by atoms with Gasteiger partial charge in [0.25, 0.3) is 0 Å². The lowest BCUT2D eigenvalue weighted by Gasteiger charge is -2.16. The van der Waals surface area contributed by atoms with Gasteiger partial charge in [-0.05, 0) is 17.7 Å². The fourth-order valence-corrected chi connectivity index (χ4v) is 3.46. The molecule has 4 rings (SSSR count). The van der Waals surface area contributed by atoms with Crippen LogP contribution < -0.4 is 5.73 Å². The van der Waals surface area contributed by atoms with Gasteiger partial charge in [0.15, 0.2) is 5.78 Å². The maximum Gasteiger partial charge on any atom is 0.184 e. The number of nitriles is 1. The third-order valence-corrected chi connectivity index (χ3v) is 4.79. The van der Waals surface area contributed by atoms with Gasteiger partial charge in [-0.2, -0.15) is 10.4 Å². The molecule has 6 heteroatoms. The summed E-state index contributed by atoms with van der Waals surface area (Å²) in [5, 5.41) is 13.9. The van der Waals surface area contributed by atoms with E-state index in [1.165, 1.54) is 0 Å². The highest BCUT2D eigenvalue weighted by molar-refractivity contribution is 6.16. The van der Waals surface area contributed by atoms with Gasteiger partial charge >= 0.3 is 0 Å². The lowest BCUT2D eigenvalue weighted by atomic mass is 9.91. The molecule has 0 unspecified atom stereocenters. The average molecular weight is 355 g/mol. The molecule has 0 spiro atoms. The first-order valence-corrected chi connectivity index (χ1v) is 8.57. The summed E-state index contributed by atoms with van der Waals surface area (Å²) in [4.78, 5) is 16.5. The summed E-state index contributed by atoms with van der Waals surface area (Å²) in [5.41, 5.74) is 12.0. The molecule has 27 heavy (non-hydrogen) atoms. The van der Waals surface area contributed by atoms with Crippen LogP contribution in [-0.4, -0.2) is 34.4 Å². The van der Waals surface area contributed by atoms with Crippen LogP contribution >= 0.6 is 0 Å². The van der Waals surface area contributed by atoms with Crippen LogP contribution in [0.2, 0.25) is 0 Å². The zero-order valence-corrected chi connectivity index (χ0v) is 14.8. The summed E-state index contributed by atoms with van der Waals surface area (Å²) < 4.78 is 1.76. The fourth-order valence-electron chi connectivity index (χ4n) is 3.46. The Balaban J connectivity index is 1.92. The summed E-state index contributed by atoms with van der Waals surface area (Å²) in [6, 6.07) is 15.3. The highest BCUT2D eigenvalue weighted by atomic mass is 16.1. The number of nitrogens with two attached hydrogens (primary N) is 1. The third-order valence-electron chi connectivity index (χ3n) is 4.79. The Morgan fingerprint density at radius 2 is 1.96 bits per heavy atom. The van der Waals surface area contributed by atoms with E-state index in [4.69, 9.17) is 5.73 Å². The summed E-state index contributed by atoms with van der Waals surface area (Å²) in [6.45, 7) is 0.424. The molecule has 0 saturated carbocycles. The Morgan fingerprint density at radius 1 is 1.15 bits per heavy atom. The van der Waals surface area contributed by atoms with Crippen LogP contribution in [0, 0.1) is 11.3 Å². The smallest absolute Gasteiger partial charge is 0.184 e. The van der Waals surface area contributed by atoms with Gasteiger partial charge in [-0.25, -0.2) is 0 Å². The highest BCUT2D eigenvalue weighted by Gasteiger charge is 2.22. The van der Waals surface area contributed by atoms with Crippen LogP contribution in [-0.2, 0) is 7.05 Å². The molecule has 2 aromatic carbocycles. The summed E-state index contributed by atoms with van der Waals surface area (Å²) in [6.07, 6.45) is 1.77. The minimum atomic E-state index is -0.00464. The largest absolute Gasteiger partial charge is 0.325 e. The van der Waals surface area contributed by atoms with Crippen LogP contribution in [0.15, 0.2) is 53.7 Å².